The number of halogens is 2. The molecular formula is C13H15Br2N3O. The SMILES string of the molecule is COCCCn1ccnc1Nc1cc(Br)ccc1Br. The normalized spacial score (nSPS) is 10.7. The molecule has 1 heterocycles. The molecule has 0 radical (unpaired) electrons. The summed E-state index contributed by atoms with van der Waals surface area (Å²) in [5, 5.41) is 3.32. The first-order chi connectivity index (χ1) is 9.20. The summed E-state index contributed by atoms with van der Waals surface area (Å²) in [5.74, 6) is 0.829. The Hall–Kier alpha value is -0.850. The minimum atomic E-state index is 0.748. The highest BCUT2D eigenvalue weighted by Crippen LogP contribution is 2.28. The fraction of sp³-hybridized carbons (Fsp3) is 0.308. The van der Waals surface area contributed by atoms with Gasteiger partial charge in [0, 0.05) is 41.6 Å². The molecule has 102 valence electrons. The van der Waals surface area contributed by atoms with E-state index in [1.54, 1.807) is 13.3 Å². The fourth-order valence-corrected chi connectivity index (χ4v) is 2.41. The van der Waals surface area contributed by atoms with E-state index in [2.05, 4.69) is 46.7 Å². The van der Waals surface area contributed by atoms with E-state index < -0.39 is 0 Å². The van der Waals surface area contributed by atoms with Crippen LogP contribution in [0.25, 0.3) is 0 Å². The van der Waals surface area contributed by atoms with Crippen LogP contribution in [0.1, 0.15) is 6.42 Å². The number of anilines is 2. The Morgan fingerprint density at radius 1 is 1.37 bits per heavy atom. The number of nitrogens with one attached hydrogen (secondary N) is 1. The molecule has 6 heteroatoms. The quantitative estimate of drug-likeness (QED) is 0.754. The Morgan fingerprint density at radius 3 is 3.00 bits per heavy atom. The summed E-state index contributed by atoms with van der Waals surface area (Å²) in [6.07, 6.45) is 4.71. The Bertz CT molecular complexity index is 542. The van der Waals surface area contributed by atoms with E-state index >= 15 is 0 Å². The minimum Gasteiger partial charge on any atom is -0.385 e. The van der Waals surface area contributed by atoms with Crippen LogP contribution in [0.5, 0.6) is 0 Å². The van der Waals surface area contributed by atoms with Crippen LogP contribution in [0, 0.1) is 0 Å². The molecule has 0 unspecified atom stereocenters. The lowest BCUT2D eigenvalue weighted by molar-refractivity contribution is 0.190. The van der Waals surface area contributed by atoms with Gasteiger partial charge in [-0.1, -0.05) is 15.9 Å². The lowest BCUT2D eigenvalue weighted by Gasteiger charge is -2.11. The van der Waals surface area contributed by atoms with Crippen LogP contribution in [0.2, 0.25) is 0 Å². The zero-order chi connectivity index (χ0) is 13.7. The van der Waals surface area contributed by atoms with Crippen molar-refractivity contribution in [2.45, 2.75) is 13.0 Å². The van der Waals surface area contributed by atoms with Gasteiger partial charge in [0.05, 0.1) is 5.69 Å². The summed E-state index contributed by atoms with van der Waals surface area (Å²) in [6, 6.07) is 5.99. The second-order valence-corrected chi connectivity index (χ2v) is 5.81. The number of benzene rings is 1. The maximum atomic E-state index is 5.07. The average molecular weight is 389 g/mol. The summed E-state index contributed by atoms with van der Waals surface area (Å²) >= 11 is 6.99. The molecule has 1 N–H and O–H groups in total. The van der Waals surface area contributed by atoms with Gasteiger partial charge in [-0.15, -0.1) is 0 Å². The van der Waals surface area contributed by atoms with E-state index in [4.69, 9.17) is 4.74 Å². The summed E-state index contributed by atoms with van der Waals surface area (Å²) in [6.45, 7) is 1.62. The molecule has 0 aliphatic carbocycles. The van der Waals surface area contributed by atoms with Crippen LogP contribution >= 0.6 is 31.9 Å². The van der Waals surface area contributed by atoms with Gasteiger partial charge in [-0.05, 0) is 40.5 Å². The topological polar surface area (TPSA) is 39.1 Å². The molecule has 0 fully saturated rings. The molecular weight excluding hydrogens is 374 g/mol. The second-order valence-electron chi connectivity index (χ2n) is 4.04. The molecule has 0 saturated heterocycles. The van der Waals surface area contributed by atoms with Crippen molar-refractivity contribution in [3.8, 4) is 0 Å². The lowest BCUT2D eigenvalue weighted by atomic mass is 10.3. The smallest absolute Gasteiger partial charge is 0.207 e. The predicted molar refractivity (Wildman–Crippen MR) is 83.8 cm³/mol. The first kappa shape index (κ1) is 14.6. The number of methoxy groups -OCH3 is 1. The Balaban J connectivity index is 2.10. The number of imidazole rings is 1. The lowest BCUT2D eigenvalue weighted by Crippen LogP contribution is -2.05. The standard InChI is InChI=1S/C13H15Br2N3O/c1-19-8-2-6-18-7-5-16-13(18)17-12-9-10(14)3-4-11(12)15/h3-5,7,9H,2,6,8H2,1H3,(H,16,17). The number of hydrogen-bond acceptors (Lipinski definition) is 3. The van der Waals surface area contributed by atoms with Gasteiger partial charge in [-0.3, -0.25) is 0 Å². The maximum absolute atomic E-state index is 5.07. The highest BCUT2D eigenvalue weighted by atomic mass is 79.9. The molecule has 0 amide bonds. The molecule has 0 spiro atoms. The Kier molecular flexibility index (Phi) is 5.42. The van der Waals surface area contributed by atoms with Gasteiger partial charge in [0.25, 0.3) is 0 Å². The fourth-order valence-electron chi connectivity index (χ4n) is 1.71. The van der Waals surface area contributed by atoms with Crippen LogP contribution in [0.3, 0.4) is 0 Å². The number of nitrogens with zero attached hydrogens (tertiary/aromatic N) is 2. The number of rotatable bonds is 6. The monoisotopic (exact) mass is 387 g/mol. The van der Waals surface area contributed by atoms with Gasteiger partial charge in [0.2, 0.25) is 5.95 Å². The van der Waals surface area contributed by atoms with Crippen LogP contribution in [-0.2, 0) is 11.3 Å². The van der Waals surface area contributed by atoms with Gasteiger partial charge < -0.3 is 14.6 Å². The van der Waals surface area contributed by atoms with E-state index in [1.807, 2.05) is 24.4 Å². The third-order valence-electron chi connectivity index (χ3n) is 2.64. The van der Waals surface area contributed by atoms with Crippen LogP contribution in [0.15, 0.2) is 39.5 Å². The average Bonchev–Trinajstić information content (AvgIpc) is 2.82. The molecule has 0 bridgehead atoms. The maximum Gasteiger partial charge on any atom is 0.207 e. The van der Waals surface area contributed by atoms with Crippen LogP contribution < -0.4 is 5.32 Å². The van der Waals surface area contributed by atoms with E-state index in [-0.39, 0.29) is 0 Å². The van der Waals surface area contributed by atoms with Gasteiger partial charge >= 0.3 is 0 Å². The zero-order valence-corrected chi connectivity index (χ0v) is 13.7. The van der Waals surface area contributed by atoms with E-state index in [1.165, 1.54) is 0 Å². The Labute approximate surface area is 129 Å². The molecule has 0 aliphatic heterocycles. The number of aromatic nitrogens is 2. The third-order valence-corrected chi connectivity index (χ3v) is 3.82. The van der Waals surface area contributed by atoms with Gasteiger partial charge in [-0.25, -0.2) is 4.98 Å². The molecule has 0 aliphatic rings. The van der Waals surface area contributed by atoms with Crippen molar-refractivity contribution >= 4 is 43.5 Å². The van der Waals surface area contributed by atoms with Crippen molar-refractivity contribution < 1.29 is 4.74 Å². The number of hydrogen-bond donors (Lipinski definition) is 1. The van der Waals surface area contributed by atoms with E-state index in [9.17, 15) is 0 Å². The van der Waals surface area contributed by atoms with Gasteiger partial charge in [0.1, 0.15) is 0 Å². The number of aryl methyl sites for hydroxylation is 1. The highest BCUT2D eigenvalue weighted by Gasteiger charge is 2.06. The minimum absolute atomic E-state index is 0.748. The first-order valence-electron chi connectivity index (χ1n) is 5.93. The van der Waals surface area contributed by atoms with Crippen molar-refractivity contribution in [1.82, 2.24) is 9.55 Å². The van der Waals surface area contributed by atoms with Gasteiger partial charge in [-0.2, -0.15) is 0 Å². The molecule has 0 saturated carbocycles. The third kappa shape index (κ3) is 4.06. The largest absolute Gasteiger partial charge is 0.385 e. The number of ether oxygens (including phenoxy) is 1. The zero-order valence-electron chi connectivity index (χ0n) is 10.6. The molecule has 4 nitrogen and oxygen atoms in total. The summed E-state index contributed by atoms with van der Waals surface area (Å²) in [4.78, 5) is 4.34. The van der Waals surface area contributed by atoms with Crippen molar-refractivity contribution in [3.63, 3.8) is 0 Å². The van der Waals surface area contributed by atoms with Crippen molar-refractivity contribution in [3.05, 3.63) is 39.5 Å². The van der Waals surface area contributed by atoms with E-state index in [0.717, 1.165) is 40.2 Å². The second kappa shape index (κ2) is 7.07. The summed E-state index contributed by atoms with van der Waals surface area (Å²) in [5.41, 5.74) is 0.980. The molecule has 2 aromatic rings. The van der Waals surface area contributed by atoms with E-state index in [0.29, 0.717) is 0 Å². The van der Waals surface area contributed by atoms with Crippen LogP contribution in [-0.4, -0.2) is 23.3 Å². The molecule has 19 heavy (non-hydrogen) atoms. The molecule has 0 atom stereocenters. The van der Waals surface area contributed by atoms with Crippen molar-refractivity contribution in [1.29, 1.82) is 0 Å². The summed E-state index contributed by atoms with van der Waals surface area (Å²) < 4.78 is 9.17. The van der Waals surface area contributed by atoms with Gasteiger partial charge in [0.15, 0.2) is 0 Å². The molecule has 1 aromatic carbocycles. The van der Waals surface area contributed by atoms with Crippen molar-refractivity contribution in [2.24, 2.45) is 0 Å². The van der Waals surface area contributed by atoms with Crippen LogP contribution in [0.4, 0.5) is 11.6 Å². The van der Waals surface area contributed by atoms with Crippen molar-refractivity contribution in [2.75, 3.05) is 19.0 Å². The Morgan fingerprint density at radius 2 is 2.21 bits per heavy atom. The molecule has 2 rings (SSSR count). The highest BCUT2D eigenvalue weighted by molar-refractivity contribution is 9.11. The summed E-state index contributed by atoms with van der Waals surface area (Å²) in [7, 11) is 1.71. The molecule has 1 aromatic heterocycles. The predicted octanol–water partition coefficient (Wildman–Crippen LogP) is 4.19. The first-order valence-corrected chi connectivity index (χ1v) is 7.51.